The summed E-state index contributed by atoms with van der Waals surface area (Å²) in [7, 11) is 0. The zero-order chi connectivity index (χ0) is 17.5. The van der Waals surface area contributed by atoms with E-state index in [1.165, 1.54) is 12.1 Å². The highest BCUT2D eigenvalue weighted by Gasteiger charge is 2.32. The lowest BCUT2D eigenvalue weighted by Gasteiger charge is -2.14. The molecule has 2 nitrogen and oxygen atoms in total. The predicted octanol–water partition coefficient (Wildman–Crippen LogP) is 6.66. The first-order valence-electron chi connectivity index (χ1n) is 6.71. The van der Waals surface area contributed by atoms with E-state index in [2.05, 4.69) is 0 Å². The maximum atomic E-state index is 12.8. The Kier molecular flexibility index (Phi) is 4.24. The van der Waals surface area contributed by atoms with E-state index in [-0.39, 0.29) is 21.5 Å². The summed E-state index contributed by atoms with van der Waals surface area (Å²) in [5, 5.41) is 10.5. The van der Waals surface area contributed by atoms with Crippen LogP contribution in [0.15, 0.2) is 48.5 Å². The monoisotopic (exact) mass is 372 g/mol. The largest absolute Gasteiger partial charge is 0.508 e. The van der Waals surface area contributed by atoms with Gasteiger partial charge in [0.2, 0.25) is 0 Å². The van der Waals surface area contributed by atoms with Gasteiger partial charge in [0.25, 0.3) is 0 Å². The maximum Gasteiger partial charge on any atom is 0.416 e. The summed E-state index contributed by atoms with van der Waals surface area (Å²) in [5.74, 6) is 0.261. The Bertz CT molecular complexity index is 900. The van der Waals surface area contributed by atoms with E-state index in [0.29, 0.717) is 11.1 Å². The number of benzene rings is 3. The third kappa shape index (κ3) is 3.23. The molecule has 0 heterocycles. The molecule has 0 amide bonds. The molecule has 124 valence electrons. The van der Waals surface area contributed by atoms with Crippen molar-refractivity contribution >= 4 is 34.0 Å². The Labute approximate surface area is 145 Å². The third-order valence-corrected chi connectivity index (χ3v) is 3.92. The second kappa shape index (κ2) is 6.07. The molecule has 3 rings (SSSR count). The first-order valence-corrected chi connectivity index (χ1v) is 7.47. The molecule has 0 aliphatic heterocycles. The van der Waals surface area contributed by atoms with Gasteiger partial charge in [0.1, 0.15) is 11.5 Å². The van der Waals surface area contributed by atoms with Gasteiger partial charge in [-0.2, -0.15) is 13.2 Å². The number of halogens is 5. The summed E-state index contributed by atoms with van der Waals surface area (Å²) in [6.45, 7) is 0. The van der Waals surface area contributed by atoms with Crippen LogP contribution in [0.5, 0.6) is 17.2 Å². The number of rotatable bonds is 2. The van der Waals surface area contributed by atoms with E-state index in [1.807, 2.05) is 0 Å². The number of alkyl halides is 3. The second-order valence-electron chi connectivity index (χ2n) is 5.03. The minimum atomic E-state index is -4.56. The Morgan fingerprint density at radius 3 is 2.21 bits per heavy atom. The number of phenols is 1. The van der Waals surface area contributed by atoms with E-state index in [0.717, 1.165) is 17.5 Å². The molecule has 0 spiro atoms. The minimum absolute atomic E-state index is 0.0307. The Morgan fingerprint density at radius 1 is 0.917 bits per heavy atom. The van der Waals surface area contributed by atoms with Crippen LogP contribution in [-0.4, -0.2) is 5.11 Å². The third-order valence-electron chi connectivity index (χ3n) is 3.36. The summed E-state index contributed by atoms with van der Waals surface area (Å²) in [5.41, 5.74) is -0.958. The lowest BCUT2D eigenvalue weighted by Crippen LogP contribution is -2.05. The van der Waals surface area contributed by atoms with Gasteiger partial charge in [-0.1, -0.05) is 41.4 Å². The molecule has 0 aliphatic carbocycles. The smallest absolute Gasteiger partial charge is 0.416 e. The Balaban J connectivity index is 2.08. The van der Waals surface area contributed by atoms with Gasteiger partial charge in [0.15, 0.2) is 5.75 Å². The van der Waals surface area contributed by atoms with Crippen LogP contribution in [0.25, 0.3) is 10.8 Å². The molecule has 0 aliphatic rings. The van der Waals surface area contributed by atoms with Crippen LogP contribution in [0, 0.1) is 0 Å². The summed E-state index contributed by atoms with van der Waals surface area (Å²) in [6.07, 6.45) is -4.56. The van der Waals surface area contributed by atoms with Gasteiger partial charge in [-0.25, -0.2) is 0 Å². The van der Waals surface area contributed by atoms with Crippen LogP contribution in [-0.2, 0) is 6.18 Å². The second-order valence-corrected chi connectivity index (χ2v) is 5.84. The van der Waals surface area contributed by atoms with Crippen molar-refractivity contribution in [3.8, 4) is 17.2 Å². The molecule has 24 heavy (non-hydrogen) atoms. The lowest BCUT2D eigenvalue weighted by atomic mass is 10.1. The zero-order valence-corrected chi connectivity index (χ0v) is 13.4. The molecule has 3 aromatic rings. The molecule has 0 saturated carbocycles. The molecular formula is C17H9Cl2F3O2. The van der Waals surface area contributed by atoms with Crippen molar-refractivity contribution < 1.29 is 23.0 Å². The van der Waals surface area contributed by atoms with Crippen LogP contribution in [0.1, 0.15) is 5.56 Å². The molecule has 7 heteroatoms. The topological polar surface area (TPSA) is 29.5 Å². The van der Waals surface area contributed by atoms with Crippen molar-refractivity contribution in [3.63, 3.8) is 0 Å². The van der Waals surface area contributed by atoms with Crippen molar-refractivity contribution in [2.24, 2.45) is 0 Å². The highest BCUT2D eigenvalue weighted by Crippen LogP contribution is 2.43. The highest BCUT2D eigenvalue weighted by molar-refractivity contribution is 6.37. The first-order chi connectivity index (χ1) is 11.3. The fraction of sp³-hybridized carbons (Fsp3) is 0.0588. The summed E-state index contributed by atoms with van der Waals surface area (Å²) in [6, 6.07) is 11.3. The molecule has 0 bridgehead atoms. The molecule has 0 saturated heterocycles. The van der Waals surface area contributed by atoms with Crippen molar-refractivity contribution in [1.29, 1.82) is 0 Å². The lowest BCUT2D eigenvalue weighted by molar-refractivity contribution is -0.137. The van der Waals surface area contributed by atoms with Gasteiger partial charge >= 0.3 is 6.18 Å². The zero-order valence-electron chi connectivity index (χ0n) is 11.9. The number of hydrogen-bond donors (Lipinski definition) is 1. The number of ether oxygens (including phenoxy) is 1. The van der Waals surface area contributed by atoms with Gasteiger partial charge in [0, 0.05) is 5.39 Å². The summed E-state index contributed by atoms with van der Waals surface area (Å²) >= 11 is 11.8. The first kappa shape index (κ1) is 16.7. The van der Waals surface area contributed by atoms with Gasteiger partial charge in [-0.15, -0.1) is 0 Å². The van der Waals surface area contributed by atoms with Crippen molar-refractivity contribution in [2.75, 3.05) is 0 Å². The normalized spacial score (nSPS) is 11.7. The summed E-state index contributed by atoms with van der Waals surface area (Å²) in [4.78, 5) is 0. The fourth-order valence-corrected chi connectivity index (χ4v) is 2.82. The van der Waals surface area contributed by atoms with Gasteiger partial charge < -0.3 is 9.84 Å². The fourth-order valence-electron chi connectivity index (χ4n) is 2.25. The number of fused-ring (bicyclic) bond motifs is 1. The van der Waals surface area contributed by atoms with E-state index >= 15 is 0 Å². The summed E-state index contributed by atoms with van der Waals surface area (Å²) < 4.78 is 44.0. The Hall–Kier alpha value is -2.11. The maximum absolute atomic E-state index is 12.8. The number of phenolic OH excluding ortho intramolecular Hbond substituents is 1. The van der Waals surface area contributed by atoms with Crippen molar-refractivity contribution in [3.05, 3.63) is 64.1 Å². The number of aromatic hydroxyl groups is 1. The van der Waals surface area contributed by atoms with Crippen LogP contribution >= 0.6 is 23.2 Å². The van der Waals surface area contributed by atoms with Crippen LogP contribution < -0.4 is 4.74 Å². The average Bonchev–Trinajstić information content (AvgIpc) is 2.50. The van der Waals surface area contributed by atoms with Crippen molar-refractivity contribution in [1.82, 2.24) is 0 Å². The molecular weight excluding hydrogens is 364 g/mol. The Morgan fingerprint density at radius 2 is 1.58 bits per heavy atom. The van der Waals surface area contributed by atoms with E-state index in [1.54, 1.807) is 24.3 Å². The molecule has 3 aromatic carbocycles. The van der Waals surface area contributed by atoms with Crippen molar-refractivity contribution in [2.45, 2.75) is 6.18 Å². The van der Waals surface area contributed by atoms with Gasteiger partial charge in [0.05, 0.1) is 15.6 Å². The van der Waals surface area contributed by atoms with Crippen LogP contribution in [0.2, 0.25) is 10.0 Å². The van der Waals surface area contributed by atoms with E-state index in [4.69, 9.17) is 27.9 Å². The van der Waals surface area contributed by atoms with Crippen LogP contribution in [0.3, 0.4) is 0 Å². The van der Waals surface area contributed by atoms with Crippen LogP contribution in [0.4, 0.5) is 13.2 Å². The quantitative estimate of drug-likeness (QED) is 0.544. The molecule has 0 fully saturated rings. The van der Waals surface area contributed by atoms with E-state index in [9.17, 15) is 18.3 Å². The molecule has 0 unspecified atom stereocenters. The van der Waals surface area contributed by atoms with E-state index < -0.39 is 11.7 Å². The average molecular weight is 373 g/mol. The molecule has 0 radical (unpaired) electrons. The standard InChI is InChI=1S/C17H9Cl2F3O2/c18-13-6-10(17(20,21)22)7-14(19)16(13)24-15-3-1-2-9-4-5-11(23)8-12(9)15/h1-8,23H. The SMILES string of the molecule is Oc1ccc2cccc(Oc3c(Cl)cc(C(F)(F)F)cc3Cl)c2c1. The molecule has 0 aromatic heterocycles. The molecule has 0 atom stereocenters. The highest BCUT2D eigenvalue weighted by atomic mass is 35.5. The van der Waals surface area contributed by atoms with Gasteiger partial charge in [-0.3, -0.25) is 0 Å². The predicted molar refractivity (Wildman–Crippen MR) is 87.2 cm³/mol. The minimum Gasteiger partial charge on any atom is -0.508 e. The van der Waals surface area contributed by atoms with Gasteiger partial charge in [-0.05, 0) is 35.7 Å². The molecule has 1 N–H and O–H groups in total. The number of hydrogen-bond acceptors (Lipinski definition) is 2.